The third-order valence-electron chi connectivity index (χ3n) is 2.99. The second kappa shape index (κ2) is 4.65. The van der Waals surface area contributed by atoms with Crippen molar-refractivity contribution in [1.29, 1.82) is 0 Å². The lowest BCUT2D eigenvalue weighted by Crippen LogP contribution is -2.37. The lowest BCUT2D eigenvalue weighted by atomic mass is 10.2. The average molecular weight is 239 g/mol. The summed E-state index contributed by atoms with van der Waals surface area (Å²) in [5, 5.41) is 9.05. The molecule has 0 saturated carbocycles. The van der Waals surface area contributed by atoms with Crippen LogP contribution in [0.1, 0.15) is 25.5 Å². The lowest BCUT2D eigenvalue weighted by Gasteiger charge is -2.23. The molecule has 0 aliphatic carbocycles. The van der Waals surface area contributed by atoms with Crippen LogP contribution in [0.3, 0.4) is 0 Å². The Hall–Kier alpha value is -1.72. The largest absolute Gasteiger partial charge is 0.480 e. The molecule has 1 fully saturated rings. The Morgan fingerprint density at radius 2 is 2.41 bits per heavy atom. The molecule has 1 aromatic heterocycles. The molecular formula is C11H14FN3O2. The maximum Gasteiger partial charge on any atom is 0.326 e. The third-order valence-corrected chi connectivity index (χ3v) is 2.99. The van der Waals surface area contributed by atoms with Crippen LogP contribution in [-0.2, 0) is 11.2 Å². The Balaban J connectivity index is 2.36. The van der Waals surface area contributed by atoms with Crippen LogP contribution in [0, 0.1) is 5.82 Å². The van der Waals surface area contributed by atoms with E-state index in [1.165, 1.54) is 11.2 Å². The van der Waals surface area contributed by atoms with Crippen LogP contribution >= 0.6 is 0 Å². The first kappa shape index (κ1) is 11.8. The van der Waals surface area contributed by atoms with Gasteiger partial charge in [-0.1, -0.05) is 6.92 Å². The summed E-state index contributed by atoms with van der Waals surface area (Å²) in [6, 6.07) is -0.677. The van der Waals surface area contributed by atoms with Crippen molar-refractivity contribution in [3.8, 4) is 0 Å². The van der Waals surface area contributed by atoms with Gasteiger partial charge in [0.25, 0.3) is 0 Å². The summed E-state index contributed by atoms with van der Waals surface area (Å²) in [6.45, 7) is 2.32. The fourth-order valence-electron chi connectivity index (χ4n) is 2.12. The third kappa shape index (κ3) is 2.07. The van der Waals surface area contributed by atoms with E-state index in [4.69, 9.17) is 5.11 Å². The molecule has 1 N–H and O–H groups in total. The highest BCUT2D eigenvalue weighted by Gasteiger charge is 2.33. The van der Waals surface area contributed by atoms with Crippen LogP contribution in [0.25, 0.3) is 0 Å². The van der Waals surface area contributed by atoms with Gasteiger partial charge in [-0.2, -0.15) is 0 Å². The predicted molar refractivity (Wildman–Crippen MR) is 59.4 cm³/mol. The number of hydrogen-bond donors (Lipinski definition) is 1. The standard InChI is InChI=1S/C11H14FN3O2/c1-2-7-9(12)10(14-6-13-7)15-5-3-4-8(15)11(16)17/h6,8H,2-5H2,1H3,(H,16,17). The van der Waals surface area contributed by atoms with Crippen molar-refractivity contribution in [3.05, 3.63) is 17.8 Å². The summed E-state index contributed by atoms with van der Waals surface area (Å²) in [5.41, 5.74) is 0.325. The molecule has 1 aromatic rings. The lowest BCUT2D eigenvalue weighted by molar-refractivity contribution is -0.138. The Labute approximate surface area is 98.3 Å². The minimum atomic E-state index is -0.932. The summed E-state index contributed by atoms with van der Waals surface area (Å²) >= 11 is 0. The van der Waals surface area contributed by atoms with Crippen molar-refractivity contribution in [1.82, 2.24) is 9.97 Å². The van der Waals surface area contributed by atoms with Crippen molar-refractivity contribution in [3.63, 3.8) is 0 Å². The first-order chi connectivity index (χ1) is 8.15. The number of nitrogens with zero attached hydrogens (tertiary/aromatic N) is 3. The van der Waals surface area contributed by atoms with Crippen LogP contribution < -0.4 is 4.90 Å². The van der Waals surface area contributed by atoms with Crippen LogP contribution in [0.2, 0.25) is 0 Å². The maximum absolute atomic E-state index is 14.0. The van der Waals surface area contributed by atoms with E-state index in [0.29, 0.717) is 25.1 Å². The van der Waals surface area contributed by atoms with Crippen molar-refractivity contribution >= 4 is 11.8 Å². The van der Waals surface area contributed by atoms with Gasteiger partial charge < -0.3 is 10.0 Å². The van der Waals surface area contributed by atoms with E-state index in [-0.39, 0.29) is 5.82 Å². The van der Waals surface area contributed by atoms with Gasteiger partial charge >= 0.3 is 5.97 Å². The number of carboxylic acids is 1. The molecule has 6 heteroatoms. The smallest absolute Gasteiger partial charge is 0.326 e. The molecule has 1 saturated heterocycles. The summed E-state index contributed by atoms with van der Waals surface area (Å²) in [4.78, 5) is 20.3. The number of carbonyl (C=O) groups is 1. The fraction of sp³-hybridized carbons (Fsp3) is 0.545. The van der Waals surface area contributed by atoms with Crippen molar-refractivity contribution < 1.29 is 14.3 Å². The molecular weight excluding hydrogens is 225 g/mol. The molecule has 17 heavy (non-hydrogen) atoms. The van der Waals surface area contributed by atoms with E-state index in [1.807, 2.05) is 0 Å². The Kier molecular flexibility index (Phi) is 3.21. The molecule has 1 unspecified atom stereocenters. The van der Waals surface area contributed by atoms with Gasteiger partial charge in [-0.3, -0.25) is 0 Å². The van der Waals surface area contributed by atoms with Gasteiger partial charge in [-0.25, -0.2) is 19.2 Å². The molecule has 2 heterocycles. The number of aliphatic carboxylic acids is 1. The number of halogens is 1. The molecule has 0 radical (unpaired) electrons. The van der Waals surface area contributed by atoms with E-state index in [9.17, 15) is 9.18 Å². The fourth-order valence-corrected chi connectivity index (χ4v) is 2.12. The van der Waals surface area contributed by atoms with Crippen LogP contribution in [-0.4, -0.2) is 33.6 Å². The number of rotatable bonds is 3. The highest BCUT2D eigenvalue weighted by molar-refractivity contribution is 5.78. The van der Waals surface area contributed by atoms with E-state index in [1.54, 1.807) is 6.92 Å². The van der Waals surface area contributed by atoms with E-state index in [0.717, 1.165) is 6.42 Å². The molecule has 1 aliphatic rings. The molecule has 0 amide bonds. The molecule has 1 atom stereocenters. The number of hydrogen-bond acceptors (Lipinski definition) is 4. The van der Waals surface area contributed by atoms with Crippen LogP contribution in [0.15, 0.2) is 6.33 Å². The highest BCUT2D eigenvalue weighted by Crippen LogP contribution is 2.27. The number of carboxylic acid groups (broad SMARTS) is 1. The molecule has 5 nitrogen and oxygen atoms in total. The monoisotopic (exact) mass is 239 g/mol. The second-order valence-corrected chi connectivity index (χ2v) is 4.00. The van der Waals surface area contributed by atoms with E-state index in [2.05, 4.69) is 9.97 Å². The Morgan fingerprint density at radius 1 is 1.65 bits per heavy atom. The van der Waals surface area contributed by atoms with Gasteiger partial charge in [0.15, 0.2) is 11.6 Å². The summed E-state index contributed by atoms with van der Waals surface area (Å²) in [6.07, 6.45) is 3.02. The molecule has 0 spiro atoms. The number of aryl methyl sites for hydroxylation is 1. The second-order valence-electron chi connectivity index (χ2n) is 4.00. The van der Waals surface area contributed by atoms with Crippen molar-refractivity contribution in [2.24, 2.45) is 0 Å². The first-order valence-electron chi connectivity index (χ1n) is 5.64. The van der Waals surface area contributed by atoms with Gasteiger partial charge in [-0.15, -0.1) is 0 Å². The predicted octanol–water partition coefficient (Wildman–Crippen LogP) is 1.23. The Morgan fingerprint density at radius 3 is 3.06 bits per heavy atom. The summed E-state index contributed by atoms with van der Waals surface area (Å²) < 4.78 is 14.0. The van der Waals surface area contributed by atoms with Gasteiger partial charge in [0, 0.05) is 6.54 Å². The van der Waals surface area contributed by atoms with Gasteiger partial charge in [-0.05, 0) is 19.3 Å². The van der Waals surface area contributed by atoms with E-state index < -0.39 is 17.8 Å². The summed E-state index contributed by atoms with van der Waals surface area (Å²) in [7, 11) is 0. The van der Waals surface area contributed by atoms with Crippen molar-refractivity contribution in [2.45, 2.75) is 32.2 Å². The number of aromatic nitrogens is 2. The van der Waals surface area contributed by atoms with Gasteiger partial charge in [0.1, 0.15) is 12.4 Å². The average Bonchev–Trinajstić information content (AvgIpc) is 2.78. The zero-order valence-electron chi connectivity index (χ0n) is 9.56. The SMILES string of the molecule is CCc1ncnc(N2CCCC2C(=O)O)c1F. The molecule has 92 valence electrons. The zero-order valence-corrected chi connectivity index (χ0v) is 9.56. The van der Waals surface area contributed by atoms with E-state index >= 15 is 0 Å². The zero-order chi connectivity index (χ0) is 12.4. The topological polar surface area (TPSA) is 66.3 Å². The molecule has 0 aromatic carbocycles. The summed E-state index contributed by atoms with van der Waals surface area (Å²) in [5.74, 6) is -1.32. The maximum atomic E-state index is 14.0. The molecule has 0 bridgehead atoms. The minimum Gasteiger partial charge on any atom is -0.480 e. The molecule has 2 rings (SSSR count). The van der Waals surface area contributed by atoms with Gasteiger partial charge in [0.05, 0.1) is 5.69 Å². The minimum absolute atomic E-state index is 0.113. The number of anilines is 1. The van der Waals surface area contributed by atoms with Crippen LogP contribution in [0.4, 0.5) is 10.2 Å². The Bertz CT molecular complexity index is 439. The highest BCUT2D eigenvalue weighted by atomic mass is 19.1. The molecule has 1 aliphatic heterocycles. The van der Waals surface area contributed by atoms with Gasteiger partial charge in [0.2, 0.25) is 0 Å². The van der Waals surface area contributed by atoms with Crippen molar-refractivity contribution in [2.75, 3.05) is 11.4 Å². The first-order valence-corrected chi connectivity index (χ1v) is 5.64. The normalized spacial score (nSPS) is 19.6. The van der Waals surface area contributed by atoms with Crippen LogP contribution in [0.5, 0.6) is 0 Å². The quantitative estimate of drug-likeness (QED) is 0.859.